The van der Waals surface area contributed by atoms with Crippen LogP contribution in [0.4, 0.5) is 13.6 Å². The first kappa shape index (κ1) is 23.1. The van der Waals surface area contributed by atoms with Crippen molar-refractivity contribution >= 4 is 42.5 Å². The summed E-state index contributed by atoms with van der Waals surface area (Å²) in [4.78, 5) is 22.7. The first-order valence-electron chi connectivity index (χ1n) is 8.38. The second-order valence-electron chi connectivity index (χ2n) is 5.91. The zero-order valence-corrected chi connectivity index (χ0v) is 17.8. The summed E-state index contributed by atoms with van der Waals surface area (Å²) in [7, 11) is -2.98. The van der Waals surface area contributed by atoms with E-state index in [0.717, 1.165) is 12.1 Å². The van der Waals surface area contributed by atoms with Gasteiger partial charge in [-0.1, -0.05) is 37.0 Å². The Bertz CT molecular complexity index is 1000. The van der Waals surface area contributed by atoms with Gasteiger partial charge in [-0.2, -0.15) is 0 Å². The summed E-state index contributed by atoms with van der Waals surface area (Å²) in [6.07, 6.45) is 0.533. The van der Waals surface area contributed by atoms with Gasteiger partial charge in [0.15, 0.2) is 5.75 Å². The summed E-state index contributed by atoms with van der Waals surface area (Å²) in [5.74, 6) is -3.78. The number of carbonyl (C=O) groups excluding carboxylic acids is 2. The van der Waals surface area contributed by atoms with Crippen LogP contribution < -0.4 is 15.6 Å². The summed E-state index contributed by atoms with van der Waals surface area (Å²) in [6.45, 7) is 3.40. The van der Waals surface area contributed by atoms with Gasteiger partial charge < -0.3 is 10.3 Å². The molecular formula is C18H17Cl2F2N2O4P. The van der Waals surface area contributed by atoms with Crippen LogP contribution in [0.1, 0.15) is 24.2 Å². The Morgan fingerprint density at radius 1 is 1.14 bits per heavy atom. The number of benzene rings is 2. The van der Waals surface area contributed by atoms with Crippen molar-refractivity contribution in [2.75, 3.05) is 12.3 Å². The quantitative estimate of drug-likeness (QED) is 0.555. The molecule has 2 aromatic carbocycles. The van der Waals surface area contributed by atoms with Crippen molar-refractivity contribution in [3.63, 3.8) is 0 Å². The second-order valence-corrected chi connectivity index (χ2v) is 9.80. The molecule has 2 aromatic rings. The minimum Gasteiger partial charge on any atom is -0.440 e. The number of hydrogen-bond acceptors (Lipinski definition) is 4. The highest BCUT2D eigenvalue weighted by Gasteiger charge is 2.25. The van der Waals surface area contributed by atoms with E-state index < -0.39 is 36.5 Å². The van der Waals surface area contributed by atoms with Crippen molar-refractivity contribution < 1.29 is 27.5 Å². The Hall–Kier alpha value is -2.15. The molecule has 0 bridgehead atoms. The van der Waals surface area contributed by atoms with Crippen LogP contribution in [-0.2, 0) is 4.57 Å². The third-order valence-electron chi connectivity index (χ3n) is 4.09. The molecule has 0 saturated heterocycles. The standard InChI is InChI=1S/C18H17Cl2F2N2O4P/c1-3-29(27,4-2)28-16-11(19)7-9(8-12(16)20)10-5-6-13(21)14(15(10)22)17(25)24-18(23)26/h5-8H,3-4H2,1-2H3,(H3,23,24,25,26). The lowest BCUT2D eigenvalue weighted by molar-refractivity contribution is 0.0958. The molecule has 6 nitrogen and oxygen atoms in total. The van der Waals surface area contributed by atoms with E-state index in [1.807, 2.05) is 0 Å². The highest BCUT2D eigenvalue weighted by molar-refractivity contribution is 7.59. The van der Waals surface area contributed by atoms with Crippen LogP contribution in [0.3, 0.4) is 0 Å². The number of nitrogens with two attached hydrogens (primary N) is 1. The molecule has 0 saturated carbocycles. The molecule has 3 amide bonds. The smallest absolute Gasteiger partial charge is 0.319 e. The molecular weight excluding hydrogens is 448 g/mol. The number of amides is 3. The van der Waals surface area contributed by atoms with Gasteiger partial charge >= 0.3 is 6.03 Å². The van der Waals surface area contributed by atoms with Crippen molar-refractivity contribution in [2.24, 2.45) is 5.73 Å². The number of hydrogen-bond donors (Lipinski definition) is 2. The molecule has 3 N–H and O–H groups in total. The van der Waals surface area contributed by atoms with Gasteiger partial charge in [0.05, 0.1) is 10.0 Å². The van der Waals surface area contributed by atoms with E-state index >= 15 is 0 Å². The van der Waals surface area contributed by atoms with Crippen LogP contribution in [0.5, 0.6) is 5.75 Å². The van der Waals surface area contributed by atoms with Crippen LogP contribution in [0.25, 0.3) is 11.1 Å². The summed E-state index contributed by atoms with van der Waals surface area (Å²) in [6, 6.07) is 3.23. The van der Waals surface area contributed by atoms with Crippen LogP contribution in [0.15, 0.2) is 24.3 Å². The zero-order valence-electron chi connectivity index (χ0n) is 15.4. The van der Waals surface area contributed by atoms with Crippen LogP contribution in [0.2, 0.25) is 10.0 Å². The molecule has 0 radical (unpaired) electrons. The predicted octanol–water partition coefficient (Wildman–Crippen LogP) is 5.44. The Morgan fingerprint density at radius 3 is 2.17 bits per heavy atom. The third-order valence-corrected chi connectivity index (χ3v) is 7.09. The van der Waals surface area contributed by atoms with Gasteiger partial charge in [0, 0.05) is 17.9 Å². The molecule has 0 aromatic heterocycles. The second kappa shape index (κ2) is 9.11. The van der Waals surface area contributed by atoms with Crippen LogP contribution >= 0.6 is 30.6 Å². The molecule has 0 aliphatic rings. The molecule has 0 spiro atoms. The molecule has 2 rings (SSSR count). The molecule has 11 heteroatoms. The Kier molecular flexibility index (Phi) is 7.27. The number of carbonyl (C=O) groups is 2. The molecule has 0 heterocycles. The molecule has 0 atom stereocenters. The lowest BCUT2D eigenvalue weighted by Gasteiger charge is -2.19. The first-order chi connectivity index (χ1) is 13.5. The fourth-order valence-corrected chi connectivity index (χ4v) is 4.39. The number of halogens is 4. The largest absolute Gasteiger partial charge is 0.440 e. The fourth-order valence-electron chi connectivity index (χ4n) is 2.48. The van der Waals surface area contributed by atoms with Gasteiger partial charge in [-0.15, -0.1) is 0 Å². The highest BCUT2D eigenvalue weighted by Crippen LogP contribution is 2.51. The van der Waals surface area contributed by atoms with Crippen molar-refractivity contribution in [2.45, 2.75) is 13.8 Å². The highest BCUT2D eigenvalue weighted by atomic mass is 35.5. The van der Waals surface area contributed by atoms with E-state index in [1.54, 1.807) is 19.2 Å². The lowest BCUT2D eigenvalue weighted by atomic mass is 10.0. The summed E-state index contributed by atoms with van der Waals surface area (Å²) >= 11 is 12.4. The molecule has 156 valence electrons. The summed E-state index contributed by atoms with van der Waals surface area (Å²) in [5, 5.41) is 1.53. The number of imide groups is 1. The van der Waals surface area contributed by atoms with E-state index in [1.165, 1.54) is 12.1 Å². The van der Waals surface area contributed by atoms with Crippen molar-refractivity contribution in [1.82, 2.24) is 5.32 Å². The summed E-state index contributed by atoms with van der Waals surface area (Å²) < 4.78 is 46.9. The van der Waals surface area contributed by atoms with Crippen molar-refractivity contribution in [1.29, 1.82) is 0 Å². The topological polar surface area (TPSA) is 98.5 Å². The van der Waals surface area contributed by atoms with E-state index in [-0.39, 0.29) is 39.2 Å². The van der Waals surface area contributed by atoms with Crippen LogP contribution in [0, 0.1) is 11.6 Å². The SMILES string of the molecule is CCP(=O)(CC)Oc1c(Cl)cc(-c2ccc(F)c(C(=O)NC(N)=O)c2F)cc1Cl. The molecule has 0 aliphatic heterocycles. The summed E-state index contributed by atoms with van der Waals surface area (Å²) in [5.41, 5.74) is 3.74. The van der Waals surface area contributed by atoms with Gasteiger partial charge in [-0.25, -0.2) is 13.6 Å². The van der Waals surface area contributed by atoms with Gasteiger partial charge in [-0.05, 0) is 29.8 Å². The average molecular weight is 465 g/mol. The van der Waals surface area contributed by atoms with Crippen molar-refractivity contribution in [3.8, 4) is 16.9 Å². The molecule has 0 aliphatic carbocycles. The third kappa shape index (κ3) is 5.07. The minimum absolute atomic E-state index is 0.0154. The maximum atomic E-state index is 14.8. The first-order valence-corrected chi connectivity index (χ1v) is 11.1. The normalized spacial score (nSPS) is 11.2. The monoisotopic (exact) mass is 464 g/mol. The molecule has 0 fully saturated rings. The maximum absolute atomic E-state index is 14.8. The van der Waals surface area contributed by atoms with E-state index in [4.69, 9.17) is 33.5 Å². The van der Waals surface area contributed by atoms with E-state index in [0.29, 0.717) is 0 Å². The Labute approximate surface area is 175 Å². The van der Waals surface area contributed by atoms with Gasteiger partial charge in [-0.3, -0.25) is 14.7 Å². The number of urea groups is 1. The van der Waals surface area contributed by atoms with Crippen molar-refractivity contribution in [3.05, 3.63) is 51.5 Å². The lowest BCUT2D eigenvalue weighted by Crippen LogP contribution is -2.36. The van der Waals surface area contributed by atoms with Gasteiger partial charge in [0.2, 0.25) is 7.37 Å². The van der Waals surface area contributed by atoms with Gasteiger partial charge in [0.1, 0.15) is 17.2 Å². The number of nitrogens with one attached hydrogen (secondary N) is 1. The maximum Gasteiger partial charge on any atom is 0.319 e. The molecule has 29 heavy (non-hydrogen) atoms. The van der Waals surface area contributed by atoms with E-state index in [2.05, 4.69) is 0 Å². The average Bonchev–Trinajstić information content (AvgIpc) is 2.64. The zero-order chi connectivity index (χ0) is 21.9. The number of rotatable bonds is 6. The van der Waals surface area contributed by atoms with Gasteiger partial charge in [0.25, 0.3) is 5.91 Å². The molecule has 0 unspecified atom stereocenters. The van der Waals surface area contributed by atoms with E-state index in [9.17, 15) is 22.9 Å². The predicted molar refractivity (Wildman–Crippen MR) is 108 cm³/mol. The number of primary amides is 1. The van der Waals surface area contributed by atoms with Crippen LogP contribution in [-0.4, -0.2) is 24.3 Å². The minimum atomic E-state index is -2.98. The Balaban J connectivity index is 2.55. The Morgan fingerprint density at radius 2 is 1.69 bits per heavy atom. The fraction of sp³-hybridized carbons (Fsp3) is 0.222.